The van der Waals surface area contributed by atoms with E-state index in [1.54, 1.807) is 13.3 Å². The monoisotopic (exact) mass is 574 g/mol. The molecule has 10 heteroatoms. The van der Waals surface area contributed by atoms with E-state index in [1.807, 2.05) is 6.92 Å². The van der Waals surface area contributed by atoms with Crippen LogP contribution in [-0.2, 0) is 6.42 Å². The van der Waals surface area contributed by atoms with E-state index in [2.05, 4.69) is 57.2 Å². The van der Waals surface area contributed by atoms with Gasteiger partial charge < -0.3 is 30.7 Å². The molecule has 2 saturated heterocycles. The predicted molar refractivity (Wildman–Crippen MR) is 169 cm³/mol. The van der Waals surface area contributed by atoms with Gasteiger partial charge in [0.25, 0.3) is 0 Å². The number of piperazine rings is 1. The number of aromatic nitrogens is 3. The van der Waals surface area contributed by atoms with Gasteiger partial charge in [-0.15, -0.1) is 0 Å². The zero-order chi connectivity index (χ0) is 29.4. The van der Waals surface area contributed by atoms with Gasteiger partial charge in [0.2, 0.25) is 0 Å². The van der Waals surface area contributed by atoms with Gasteiger partial charge >= 0.3 is 0 Å². The van der Waals surface area contributed by atoms with Gasteiger partial charge in [-0.1, -0.05) is 13.0 Å². The van der Waals surface area contributed by atoms with E-state index in [-0.39, 0.29) is 6.04 Å². The number of pyridine rings is 1. The summed E-state index contributed by atoms with van der Waals surface area (Å²) in [6.45, 7) is 10.7. The van der Waals surface area contributed by atoms with Crippen LogP contribution in [0, 0.1) is 0 Å². The highest BCUT2D eigenvalue weighted by atomic mass is 16.5. The Kier molecular flexibility index (Phi) is 8.13. The molecule has 0 spiro atoms. The number of likely N-dealkylation sites (N-methyl/N-ethyl adjacent to an activating group) is 1. The first kappa shape index (κ1) is 28.9. The summed E-state index contributed by atoms with van der Waals surface area (Å²) >= 11 is 0. The van der Waals surface area contributed by atoms with Crippen LogP contribution in [0.4, 0.5) is 17.3 Å². The second kappa shape index (κ2) is 11.8. The fraction of sp³-hybridized carbons (Fsp3) is 0.594. The molecule has 0 bridgehead atoms. The van der Waals surface area contributed by atoms with Gasteiger partial charge in [-0.3, -0.25) is 4.90 Å². The minimum Gasteiger partial charge on any atom is -0.495 e. The van der Waals surface area contributed by atoms with Gasteiger partial charge in [0, 0.05) is 63.1 Å². The van der Waals surface area contributed by atoms with Crippen molar-refractivity contribution in [3.05, 3.63) is 30.1 Å². The number of nitrogen functional groups attached to an aromatic ring is 1. The molecular formula is C32H46N8O2. The number of benzene rings is 1. The molecule has 3 aromatic rings. The highest BCUT2D eigenvalue weighted by molar-refractivity contribution is 5.97. The highest BCUT2D eigenvalue weighted by Crippen LogP contribution is 2.38. The van der Waals surface area contributed by atoms with Gasteiger partial charge in [0.1, 0.15) is 22.6 Å². The number of nitrogens with one attached hydrogen (secondary N) is 1. The largest absolute Gasteiger partial charge is 0.495 e. The SMILES string of the molecule is CCc1nc2c(N)ncc(-c3ccc(N4CCC(N5CCN(C)CC5)CC4)c(OC)c3)c2nc1N[C@@H]1CC[C@@](C)(O)C1. The Balaban J connectivity index is 1.26. The molecule has 6 rings (SSSR count). The zero-order valence-corrected chi connectivity index (χ0v) is 25.6. The van der Waals surface area contributed by atoms with E-state index in [0.717, 1.165) is 78.6 Å². The minimum absolute atomic E-state index is 0.152. The van der Waals surface area contributed by atoms with Crippen molar-refractivity contribution in [3.8, 4) is 16.9 Å². The molecule has 0 amide bonds. The maximum atomic E-state index is 10.5. The van der Waals surface area contributed by atoms with Crippen LogP contribution in [0.2, 0.25) is 0 Å². The van der Waals surface area contributed by atoms with E-state index in [0.29, 0.717) is 30.2 Å². The summed E-state index contributed by atoms with van der Waals surface area (Å²) in [7, 11) is 3.96. The number of hydrogen-bond acceptors (Lipinski definition) is 10. The van der Waals surface area contributed by atoms with Gasteiger partial charge in [0.05, 0.1) is 24.1 Å². The topological polar surface area (TPSA) is 116 Å². The van der Waals surface area contributed by atoms with Crippen LogP contribution in [0.1, 0.15) is 51.6 Å². The molecule has 0 unspecified atom stereocenters. The molecule has 3 aliphatic rings. The van der Waals surface area contributed by atoms with Crippen molar-refractivity contribution in [2.75, 3.05) is 69.4 Å². The van der Waals surface area contributed by atoms with Crippen molar-refractivity contribution in [1.29, 1.82) is 0 Å². The van der Waals surface area contributed by atoms with E-state index in [1.165, 1.54) is 25.9 Å². The molecule has 1 saturated carbocycles. The van der Waals surface area contributed by atoms with Crippen LogP contribution < -0.4 is 20.7 Å². The van der Waals surface area contributed by atoms with Crippen LogP contribution in [-0.4, -0.2) is 101 Å². The molecule has 1 aromatic carbocycles. The number of anilines is 3. The van der Waals surface area contributed by atoms with Crippen LogP contribution >= 0.6 is 0 Å². The quantitative estimate of drug-likeness (QED) is 0.385. The van der Waals surface area contributed by atoms with Crippen molar-refractivity contribution in [2.24, 2.45) is 0 Å². The summed E-state index contributed by atoms with van der Waals surface area (Å²) in [6, 6.07) is 7.20. The lowest BCUT2D eigenvalue weighted by molar-refractivity contribution is 0.0673. The number of rotatable bonds is 7. The van der Waals surface area contributed by atoms with Gasteiger partial charge in [-0.25, -0.2) is 15.0 Å². The molecule has 42 heavy (non-hydrogen) atoms. The predicted octanol–water partition coefficient (Wildman–Crippen LogP) is 3.78. The molecule has 4 N–H and O–H groups in total. The Morgan fingerprint density at radius 1 is 1.07 bits per heavy atom. The third-order valence-corrected chi connectivity index (χ3v) is 9.54. The van der Waals surface area contributed by atoms with Crippen LogP contribution in [0.25, 0.3) is 22.2 Å². The lowest BCUT2D eigenvalue weighted by Gasteiger charge is -2.42. The Morgan fingerprint density at radius 2 is 1.83 bits per heavy atom. The van der Waals surface area contributed by atoms with Crippen molar-refractivity contribution in [3.63, 3.8) is 0 Å². The Bertz CT molecular complexity index is 1410. The zero-order valence-electron chi connectivity index (χ0n) is 25.6. The smallest absolute Gasteiger partial charge is 0.151 e. The maximum Gasteiger partial charge on any atom is 0.151 e. The molecular weight excluding hydrogens is 528 g/mol. The number of nitrogens with two attached hydrogens (primary N) is 1. The summed E-state index contributed by atoms with van der Waals surface area (Å²) in [6.07, 6.45) is 7.20. The van der Waals surface area contributed by atoms with Gasteiger partial charge in [-0.05, 0) is 70.2 Å². The molecule has 4 heterocycles. The number of fused-ring (bicyclic) bond motifs is 1. The standard InChI is InChI=1S/C32H46N8O2/c1-5-25-31(35-22-8-11-32(2,41)19-22)37-28-24(20-34-30(33)29(28)36-25)21-6-7-26(27(18-21)42-4)40-12-9-23(10-13-40)39-16-14-38(3)15-17-39/h6-7,18,20,22-23,41H,5,8-17,19H2,1-4H3,(H2,33,34)(H,35,37)/t22-,32-/m1/s1. The normalized spacial score (nSPS) is 24.4. The molecule has 10 nitrogen and oxygen atoms in total. The lowest BCUT2D eigenvalue weighted by atomic mass is 10.00. The second-order valence-corrected chi connectivity index (χ2v) is 12.7. The summed E-state index contributed by atoms with van der Waals surface area (Å²) in [5, 5.41) is 14.1. The first-order chi connectivity index (χ1) is 20.2. The number of nitrogens with zero attached hydrogens (tertiary/aromatic N) is 6. The van der Waals surface area contributed by atoms with Gasteiger partial charge in [-0.2, -0.15) is 0 Å². The van der Waals surface area contributed by atoms with Crippen molar-refractivity contribution >= 4 is 28.4 Å². The molecule has 2 atom stereocenters. The molecule has 0 radical (unpaired) electrons. The van der Waals surface area contributed by atoms with Crippen molar-refractivity contribution in [2.45, 2.75) is 70.1 Å². The van der Waals surface area contributed by atoms with Crippen molar-refractivity contribution < 1.29 is 9.84 Å². The number of ether oxygens (including phenoxy) is 1. The molecule has 226 valence electrons. The first-order valence-electron chi connectivity index (χ1n) is 15.5. The van der Waals surface area contributed by atoms with Crippen LogP contribution in [0.15, 0.2) is 24.4 Å². The van der Waals surface area contributed by atoms with E-state index < -0.39 is 5.60 Å². The lowest BCUT2D eigenvalue weighted by Crippen LogP contribution is -2.52. The van der Waals surface area contributed by atoms with Crippen LogP contribution in [0.5, 0.6) is 5.75 Å². The minimum atomic E-state index is -0.647. The Labute approximate surface area is 249 Å². The number of methoxy groups -OCH3 is 1. The number of hydrogen-bond donors (Lipinski definition) is 3. The third kappa shape index (κ3) is 5.85. The summed E-state index contributed by atoms with van der Waals surface area (Å²) < 4.78 is 5.95. The fourth-order valence-corrected chi connectivity index (χ4v) is 6.97. The molecule has 1 aliphatic carbocycles. The summed E-state index contributed by atoms with van der Waals surface area (Å²) in [4.78, 5) is 22.1. The average Bonchev–Trinajstić information content (AvgIpc) is 3.35. The number of aliphatic hydroxyl groups is 1. The number of aryl methyl sites for hydroxylation is 1. The van der Waals surface area contributed by atoms with Crippen LogP contribution in [0.3, 0.4) is 0 Å². The Morgan fingerprint density at radius 3 is 2.50 bits per heavy atom. The summed E-state index contributed by atoms with van der Waals surface area (Å²) in [5.74, 6) is 1.98. The molecule has 2 aliphatic heterocycles. The third-order valence-electron chi connectivity index (χ3n) is 9.54. The average molecular weight is 575 g/mol. The fourth-order valence-electron chi connectivity index (χ4n) is 6.97. The van der Waals surface area contributed by atoms with E-state index in [4.69, 9.17) is 20.4 Å². The second-order valence-electron chi connectivity index (χ2n) is 12.7. The van der Waals surface area contributed by atoms with Crippen molar-refractivity contribution in [1.82, 2.24) is 24.8 Å². The van der Waals surface area contributed by atoms with E-state index >= 15 is 0 Å². The van der Waals surface area contributed by atoms with Gasteiger partial charge in [0.15, 0.2) is 5.82 Å². The molecule has 2 aromatic heterocycles. The van der Waals surface area contributed by atoms with E-state index in [9.17, 15) is 5.11 Å². The first-order valence-corrected chi connectivity index (χ1v) is 15.5. The summed E-state index contributed by atoms with van der Waals surface area (Å²) in [5.41, 5.74) is 10.8. The highest BCUT2D eigenvalue weighted by Gasteiger charge is 2.33. The maximum absolute atomic E-state index is 10.5. The molecule has 3 fully saturated rings. The number of piperidine rings is 1. The Hall–Kier alpha value is -3.21.